The first-order valence-electron chi connectivity index (χ1n) is 12.3. The quantitative estimate of drug-likeness (QED) is 0.366. The maximum atomic E-state index is 13.8. The first-order chi connectivity index (χ1) is 18.3. The van der Waals surface area contributed by atoms with E-state index in [9.17, 15) is 9.59 Å². The molecule has 1 atom stereocenters. The van der Waals surface area contributed by atoms with E-state index >= 15 is 0 Å². The molecule has 0 unspecified atom stereocenters. The minimum absolute atomic E-state index is 0.193. The maximum absolute atomic E-state index is 13.8. The van der Waals surface area contributed by atoms with Crippen molar-refractivity contribution in [2.45, 2.75) is 33.7 Å². The monoisotopic (exact) mass is 556 g/mol. The summed E-state index contributed by atoms with van der Waals surface area (Å²) in [6.07, 6.45) is 1.76. The Morgan fingerprint density at radius 3 is 2.42 bits per heavy atom. The fraction of sp³-hybridized carbons (Fsp3) is 0.321. The van der Waals surface area contributed by atoms with Gasteiger partial charge >= 0.3 is 5.97 Å². The maximum Gasteiger partial charge on any atom is 0.338 e. The fourth-order valence-corrected chi connectivity index (χ4v) is 5.56. The highest BCUT2D eigenvalue weighted by Crippen LogP contribution is 2.36. The smallest absolute Gasteiger partial charge is 0.338 e. The van der Waals surface area contributed by atoms with Gasteiger partial charge in [-0.1, -0.05) is 35.1 Å². The summed E-state index contributed by atoms with van der Waals surface area (Å²) in [5.41, 5.74) is 1.90. The van der Waals surface area contributed by atoms with E-state index in [1.807, 2.05) is 26.0 Å². The molecule has 0 bridgehead atoms. The number of methoxy groups -OCH3 is 1. The van der Waals surface area contributed by atoms with Crippen molar-refractivity contribution >= 4 is 35.0 Å². The van der Waals surface area contributed by atoms with Crippen molar-refractivity contribution in [3.05, 3.63) is 83.5 Å². The molecule has 0 radical (unpaired) electrons. The second-order valence-corrected chi connectivity index (χ2v) is 9.68. The molecule has 0 saturated heterocycles. The van der Waals surface area contributed by atoms with E-state index in [1.165, 1.54) is 15.9 Å². The van der Waals surface area contributed by atoms with Crippen LogP contribution in [-0.4, -0.2) is 37.5 Å². The number of aromatic nitrogens is 1. The van der Waals surface area contributed by atoms with E-state index in [0.717, 1.165) is 5.56 Å². The van der Waals surface area contributed by atoms with Crippen molar-refractivity contribution in [3.8, 4) is 17.2 Å². The lowest BCUT2D eigenvalue weighted by atomic mass is 9.95. The lowest BCUT2D eigenvalue weighted by Gasteiger charge is -2.25. The molecule has 0 fully saturated rings. The van der Waals surface area contributed by atoms with Crippen LogP contribution in [0, 0.1) is 0 Å². The van der Waals surface area contributed by atoms with Crippen LogP contribution in [0.15, 0.2) is 57.5 Å². The van der Waals surface area contributed by atoms with Crippen LogP contribution in [0.2, 0.25) is 5.02 Å². The average molecular weight is 557 g/mol. The van der Waals surface area contributed by atoms with E-state index in [0.29, 0.717) is 61.7 Å². The van der Waals surface area contributed by atoms with Gasteiger partial charge in [0.1, 0.15) is 5.75 Å². The fourth-order valence-electron chi connectivity index (χ4n) is 4.27. The first kappa shape index (κ1) is 27.5. The number of ether oxygens (including phenoxy) is 4. The summed E-state index contributed by atoms with van der Waals surface area (Å²) in [5, 5.41) is 0.452. The summed E-state index contributed by atoms with van der Waals surface area (Å²) in [4.78, 5) is 32.0. The molecule has 38 heavy (non-hydrogen) atoms. The number of hydrogen-bond acceptors (Lipinski definition) is 8. The molecular formula is C28H29ClN2O6S. The van der Waals surface area contributed by atoms with E-state index < -0.39 is 12.0 Å². The predicted octanol–water partition coefficient (Wildman–Crippen LogP) is 4.26. The van der Waals surface area contributed by atoms with E-state index in [2.05, 4.69) is 4.99 Å². The Kier molecular flexibility index (Phi) is 8.58. The number of allylic oxidation sites excluding steroid dienone is 1. The van der Waals surface area contributed by atoms with Gasteiger partial charge in [-0.2, -0.15) is 0 Å². The largest absolute Gasteiger partial charge is 0.493 e. The van der Waals surface area contributed by atoms with E-state index in [-0.39, 0.29) is 12.2 Å². The summed E-state index contributed by atoms with van der Waals surface area (Å²) >= 11 is 7.60. The minimum atomic E-state index is -0.763. The molecule has 1 aliphatic rings. The van der Waals surface area contributed by atoms with Crippen LogP contribution in [0.3, 0.4) is 0 Å². The second kappa shape index (κ2) is 11.9. The first-order valence-corrected chi connectivity index (χ1v) is 13.4. The molecule has 0 spiro atoms. The molecule has 4 rings (SSSR count). The van der Waals surface area contributed by atoms with Crippen LogP contribution in [0.25, 0.3) is 6.08 Å². The van der Waals surface area contributed by atoms with E-state index in [4.69, 9.17) is 30.5 Å². The summed E-state index contributed by atoms with van der Waals surface area (Å²) in [6.45, 7) is 8.35. The zero-order valence-electron chi connectivity index (χ0n) is 21.9. The lowest BCUT2D eigenvalue weighted by Crippen LogP contribution is -2.40. The number of fused-ring (bicyclic) bond motifs is 1. The summed E-state index contributed by atoms with van der Waals surface area (Å²) < 4.78 is 24.1. The third-order valence-corrected chi connectivity index (χ3v) is 7.15. The Balaban J connectivity index is 1.92. The van der Waals surface area contributed by atoms with Crippen molar-refractivity contribution in [1.82, 2.24) is 4.57 Å². The molecule has 3 aromatic rings. The molecule has 10 heteroatoms. The molecule has 2 heterocycles. The zero-order chi connectivity index (χ0) is 27.4. The predicted molar refractivity (Wildman–Crippen MR) is 147 cm³/mol. The van der Waals surface area contributed by atoms with Crippen LogP contribution in [0.4, 0.5) is 0 Å². The Morgan fingerprint density at radius 1 is 1.05 bits per heavy atom. The third kappa shape index (κ3) is 5.35. The lowest BCUT2D eigenvalue weighted by molar-refractivity contribution is -0.139. The SMILES string of the molecule is CCOC(=O)C1=C(C)N=c2s/c(=C/c3ccc(OCC)c(Cl)c3)c(=O)n2[C@@H]1c1ccc(OC)c(OCC)c1. The Labute approximate surface area is 229 Å². The molecule has 0 saturated carbocycles. The van der Waals surface area contributed by atoms with Crippen LogP contribution < -0.4 is 29.1 Å². The number of esters is 1. The van der Waals surface area contributed by atoms with E-state index in [1.54, 1.807) is 51.3 Å². The number of carbonyl (C=O) groups is 1. The second-order valence-electron chi connectivity index (χ2n) is 8.27. The number of halogens is 1. The molecule has 8 nitrogen and oxygen atoms in total. The summed E-state index contributed by atoms with van der Waals surface area (Å²) in [6, 6.07) is 9.95. The molecule has 0 amide bonds. The Morgan fingerprint density at radius 2 is 1.76 bits per heavy atom. The highest BCUT2D eigenvalue weighted by Gasteiger charge is 2.34. The average Bonchev–Trinajstić information content (AvgIpc) is 3.19. The van der Waals surface area contributed by atoms with Crippen LogP contribution in [0.5, 0.6) is 17.2 Å². The molecule has 1 aliphatic heterocycles. The number of carbonyl (C=O) groups excluding carboxylic acids is 1. The van der Waals surface area contributed by atoms with Crippen molar-refractivity contribution < 1.29 is 23.7 Å². The number of thiazole rings is 1. The van der Waals surface area contributed by atoms with Gasteiger partial charge in [0.05, 0.1) is 53.8 Å². The van der Waals surface area contributed by atoms with Gasteiger partial charge in [0.2, 0.25) is 0 Å². The van der Waals surface area contributed by atoms with Crippen LogP contribution in [-0.2, 0) is 9.53 Å². The Hall–Kier alpha value is -3.56. The summed E-state index contributed by atoms with van der Waals surface area (Å²) in [5.74, 6) is 1.11. The highest BCUT2D eigenvalue weighted by molar-refractivity contribution is 7.07. The normalized spacial score (nSPS) is 15.1. The summed E-state index contributed by atoms with van der Waals surface area (Å²) in [7, 11) is 1.56. The van der Waals surface area contributed by atoms with Crippen molar-refractivity contribution in [2.75, 3.05) is 26.9 Å². The number of benzene rings is 2. The number of rotatable bonds is 9. The Bertz CT molecular complexity index is 1570. The molecule has 200 valence electrons. The standard InChI is InChI=1S/C28H29ClN2O6S/c1-6-35-20-11-9-17(13-19(20)29)14-23-26(32)31-25(18-10-12-21(34-5)22(15-18)36-7-2)24(27(33)37-8-3)16(4)30-28(31)38-23/h9-15,25H,6-8H2,1-5H3/b23-14+/t25-/m1/s1. The van der Waals surface area contributed by atoms with Gasteiger partial charge in [0.15, 0.2) is 16.3 Å². The topological polar surface area (TPSA) is 88.4 Å². The third-order valence-electron chi connectivity index (χ3n) is 5.87. The van der Waals surface area contributed by atoms with Gasteiger partial charge < -0.3 is 18.9 Å². The minimum Gasteiger partial charge on any atom is -0.493 e. The van der Waals surface area contributed by atoms with Gasteiger partial charge in [-0.05, 0) is 69.2 Å². The van der Waals surface area contributed by atoms with Gasteiger partial charge in [0.25, 0.3) is 5.56 Å². The highest BCUT2D eigenvalue weighted by atomic mass is 35.5. The van der Waals surface area contributed by atoms with Gasteiger partial charge in [-0.25, -0.2) is 9.79 Å². The van der Waals surface area contributed by atoms with Gasteiger partial charge in [0, 0.05) is 0 Å². The molecule has 0 aliphatic carbocycles. The number of nitrogens with zero attached hydrogens (tertiary/aromatic N) is 2. The van der Waals surface area contributed by atoms with Crippen molar-refractivity contribution in [3.63, 3.8) is 0 Å². The molecule has 1 aromatic heterocycles. The molecule has 0 N–H and O–H groups in total. The molecular weight excluding hydrogens is 528 g/mol. The van der Waals surface area contributed by atoms with Crippen LogP contribution in [0.1, 0.15) is 44.9 Å². The molecule has 2 aromatic carbocycles. The van der Waals surface area contributed by atoms with Crippen molar-refractivity contribution in [1.29, 1.82) is 0 Å². The van der Waals surface area contributed by atoms with Gasteiger partial charge in [-0.3, -0.25) is 9.36 Å². The van der Waals surface area contributed by atoms with Crippen molar-refractivity contribution in [2.24, 2.45) is 4.99 Å². The zero-order valence-corrected chi connectivity index (χ0v) is 23.4. The van der Waals surface area contributed by atoms with Gasteiger partial charge in [-0.15, -0.1) is 0 Å². The van der Waals surface area contributed by atoms with Crippen LogP contribution >= 0.6 is 22.9 Å². The number of hydrogen-bond donors (Lipinski definition) is 0.